The highest BCUT2D eigenvalue weighted by atomic mass is 35.5. The first-order valence-electron chi connectivity index (χ1n) is 12.0. The van der Waals surface area contributed by atoms with E-state index in [-0.39, 0.29) is 18.4 Å². The number of hydrogen-bond donors (Lipinski definition) is 1. The second-order valence-electron chi connectivity index (χ2n) is 8.39. The first kappa shape index (κ1) is 26.9. The summed E-state index contributed by atoms with van der Waals surface area (Å²) in [5.41, 5.74) is 1.43. The highest BCUT2D eigenvalue weighted by Gasteiger charge is 2.26. The zero-order valence-corrected chi connectivity index (χ0v) is 22.2. The summed E-state index contributed by atoms with van der Waals surface area (Å²) in [6.07, 6.45) is 1.47. The minimum Gasteiger partial charge on any atom is -0.494 e. The number of methoxy groups -OCH3 is 3. The number of hydrogen-bond acceptors (Lipinski definition) is 7. The van der Waals surface area contributed by atoms with E-state index in [0.29, 0.717) is 58.1 Å². The molecule has 38 heavy (non-hydrogen) atoms. The van der Waals surface area contributed by atoms with Gasteiger partial charge in [0.2, 0.25) is 5.75 Å². The first-order chi connectivity index (χ1) is 18.4. The zero-order valence-electron chi connectivity index (χ0n) is 21.4. The van der Waals surface area contributed by atoms with E-state index >= 15 is 0 Å². The molecule has 1 aliphatic heterocycles. The summed E-state index contributed by atoms with van der Waals surface area (Å²) in [6, 6.07) is 15.5. The Kier molecular flexibility index (Phi) is 8.81. The van der Waals surface area contributed by atoms with Crippen LogP contribution in [0.5, 0.6) is 28.7 Å². The van der Waals surface area contributed by atoms with E-state index in [1.54, 1.807) is 47.4 Å². The van der Waals surface area contributed by atoms with Crippen molar-refractivity contribution in [2.45, 2.75) is 12.8 Å². The number of benzene rings is 3. The van der Waals surface area contributed by atoms with Crippen molar-refractivity contribution in [3.8, 4) is 28.7 Å². The fourth-order valence-electron chi connectivity index (χ4n) is 4.03. The van der Waals surface area contributed by atoms with Gasteiger partial charge < -0.3 is 33.9 Å². The molecule has 0 saturated heterocycles. The normalized spacial score (nSPS) is 12.3. The van der Waals surface area contributed by atoms with Crippen LogP contribution in [0, 0.1) is 0 Å². The monoisotopic (exact) mass is 540 g/mol. The van der Waals surface area contributed by atoms with Crippen LogP contribution in [-0.4, -0.2) is 52.9 Å². The number of carbonyl (C=O) groups is 2. The van der Waals surface area contributed by atoms with Crippen molar-refractivity contribution in [1.82, 2.24) is 0 Å². The molecule has 200 valence electrons. The molecule has 4 rings (SSSR count). The predicted molar refractivity (Wildman–Crippen MR) is 145 cm³/mol. The van der Waals surface area contributed by atoms with Crippen molar-refractivity contribution in [3.63, 3.8) is 0 Å². The van der Waals surface area contributed by atoms with Gasteiger partial charge in [-0.3, -0.25) is 9.59 Å². The average Bonchev–Trinajstić information content (AvgIpc) is 2.93. The van der Waals surface area contributed by atoms with Gasteiger partial charge >= 0.3 is 0 Å². The van der Waals surface area contributed by atoms with E-state index < -0.39 is 0 Å². The van der Waals surface area contributed by atoms with Crippen molar-refractivity contribution in [2.24, 2.45) is 0 Å². The van der Waals surface area contributed by atoms with Gasteiger partial charge in [0.1, 0.15) is 11.5 Å². The molecule has 9 nitrogen and oxygen atoms in total. The van der Waals surface area contributed by atoms with Crippen LogP contribution in [-0.2, 0) is 4.79 Å². The molecule has 0 bridgehead atoms. The maximum absolute atomic E-state index is 13.0. The van der Waals surface area contributed by atoms with E-state index in [2.05, 4.69) is 5.32 Å². The molecule has 3 aromatic rings. The van der Waals surface area contributed by atoms with E-state index in [9.17, 15) is 9.59 Å². The Bertz CT molecular complexity index is 1270. The molecule has 10 heteroatoms. The Labute approximate surface area is 226 Å². The Morgan fingerprint density at radius 3 is 2.34 bits per heavy atom. The Morgan fingerprint density at radius 1 is 0.974 bits per heavy atom. The first-order valence-corrected chi connectivity index (χ1v) is 12.4. The fraction of sp³-hybridized carbons (Fsp3) is 0.286. The number of carbonyl (C=O) groups excluding carboxylic acids is 2. The second kappa shape index (κ2) is 12.4. The third-order valence-electron chi connectivity index (χ3n) is 5.95. The zero-order chi connectivity index (χ0) is 27.1. The summed E-state index contributed by atoms with van der Waals surface area (Å²) >= 11 is 5.90. The lowest BCUT2D eigenvalue weighted by Gasteiger charge is -2.30. The lowest BCUT2D eigenvalue weighted by molar-refractivity contribution is -0.121. The minimum absolute atomic E-state index is 0.0363. The van der Waals surface area contributed by atoms with E-state index in [4.69, 9.17) is 35.3 Å². The highest BCUT2D eigenvalue weighted by molar-refractivity contribution is 6.30. The molecule has 3 aromatic carbocycles. The molecule has 1 heterocycles. The highest BCUT2D eigenvalue weighted by Crippen LogP contribution is 2.39. The lowest BCUT2D eigenvalue weighted by atomic mass is 10.1. The number of fused-ring (bicyclic) bond motifs is 1. The van der Waals surface area contributed by atoms with Crippen LogP contribution >= 0.6 is 11.6 Å². The van der Waals surface area contributed by atoms with Crippen LogP contribution in [0.1, 0.15) is 23.2 Å². The molecule has 0 fully saturated rings. The van der Waals surface area contributed by atoms with Crippen LogP contribution in [0.4, 0.5) is 11.4 Å². The maximum Gasteiger partial charge on any atom is 0.265 e. The Balaban J connectivity index is 1.42. The van der Waals surface area contributed by atoms with Crippen LogP contribution < -0.4 is 33.9 Å². The molecule has 0 atom stereocenters. The summed E-state index contributed by atoms with van der Waals surface area (Å²) in [7, 11) is 4.46. The third-order valence-corrected chi connectivity index (χ3v) is 6.20. The van der Waals surface area contributed by atoms with Gasteiger partial charge in [-0.25, -0.2) is 0 Å². The standard InChI is InChI=1S/C28H29ClN2O7/c1-34-24-14-18(15-25(35-2)27(24)36-3)28(33)30-20-8-11-23-22(16-20)31(26(32)17-38-23)12-4-5-13-37-21-9-6-19(29)7-10-21/h6-11,14-16H,4-5,12-13,17H2,1-3H3,(H,30,33). The summed E-state index contributed by atoms with van der Waals surface area (Å²) in [5, 5.41) is 3.52. The van der Waals surface area contributed by atoms with Gasteiger partial charge in [-0.05, 0) is 67.4 Å². The number of unbranched alkanes of at least 4 members (excludes halogenated alkanes) is 1. The number of anilines is 2. The van der Waals surface area contributed by atoms with Crippen LogP contribution in [0.25, 0.3) is 0 Å². The van der Waals surface area contributed by atoms with Gasteiger partial charge in [-0.1, -0.05) is 11.6 Å². The molecule has 2 amide bonds. The molecular weight excluding hydrogens is 512 g/mol. The molecule has 1 N–H and O–H groups in total. The van der Waals surface area contributed by atoms with E-state index in [1.165, 1.54) is 21.3 Å². The van der Waals surface area contributed by atoms with Crippen molar-refractivity contribution < 1.29 is 33.3 Å². The second-order valence-corrected chi connectivity index (χ2v) is 8.83. The predicted octanol–water partition coefficient (Wildman–Crippen LogP) is 5.20. The maximum atomic E-state index is 13.0. The molecule has 0 radical (unpaired) electrons. The molecule has 1 aliphatic rings. The molecule has 0 aliphatic carbocycles. The van der Waals surface area contributed by atoms with Crippen molar-refractivity contribution in [2.75, 3.05) is 51.3 Å². The van der Waals surface area contributed by atoms with Gasteiger partial charge in [-0.15, -0.1) is 0 Å². The number of rotatable bonds is 11. The quantitative estimate of drug-likeness (QED) is 0.334. The number of ether oxygens (including phenoxy) is 5. The Morgan fingerprint density at radius 2 is 1.68 bits per heavy atom. The molecule has 0 saturated carbocycles. The Hall–Kier alpha value is -4.11. The van der Waals surface area contributed by atoms with E-state index in [1.807, 2.05) is 12.1 Å². The molecule has 0 aromatic heterocycles. The van der Waals surface area contributed by atoms with Crippen molar-refractivity contribution >= 4 is 34.8 Å². The third kappa shape index (κ3) is 6.23. The summed E-state index contributed by atoms with van der Waals surface area (Å²) in [5.74, 6) is 1.93. The fourth-order valence-corrected chi connectivity index (χ4v) is 4.16. The number of nitrogens with zero attached hydrogens (tertiary/aromatic N) is 1. The van der Waals surface area contributed by atoms with E-state index in [0.717, 1.165) is 18.6 Å². The largest absolute Gasteiger partial charge is 0.494 e. The van der Waals surface area contributed by atoms with Gasteiger partial charge in [0.25, 0.3) is 11.8 Å². The number of halogens is 1. The summed E-state index contributed by atoms with van der Waals surface area (Å²) in [4.78, 5) is 27.4. The molecular formula is C28H29ClN2O7. The van der Waals surface area contributed by atoms with Gasteiger partial charge in [0.05, 0.1) is 33.6 Å². The SMILES string of the molecule is COc1cc(C(=O)Nc2ccc3c(c2)N(CCCCOc2ccc(Cl)cc2)C(=O)CO3)cc(OC)c1OC. The van der Waals surface area contributed by atoms with Crippen LogP contribution in [0.3, 0.4) is 0 Å². The van der Waals surface area contributed by atoms with Gasteiger partial charge in [0, 0.05) is 22.8 Å². The topological polar surface area (TPSA) is 95.6 Å². The molecule has 0 spiro atoms. The van der Waals surface area contributed by atoms with Gasteiger partial charge in [0.15, 0.2) is 18.1 Å². The number of amides is 2. The van der Waals surface area contributed by atoms with Crippen LogP contribution in [0.15, 0.2) is 54.6 Å². The lowest BCUT2D eigenvalue weighted by Crippen LogP contribution is -2.39. The molecule has 0 unspecified atom stereocenters. The van der Waals surface area contributed by atoms with Gasteiger partial charge in [-0.2, -0.15) is 0 Å². The summed E-state index contributed by atoms with van der Waals surface area (Å²) < 4.78 is 27.4. The minimum atomic E-state index is -0.377. The van der Waals surface area contributed by atoms with Crippen molar-refractivity contribution in [3.05, 3.63) is 65.2 Å². The smallest absolute Gasteiger partial charge is 0.265 e. The number of nitrogens with one attached hydrogen (secondary N) is 1. The average molecular weight is 541 g/mol. The van der Waals surface area contributed by atoms with Crippen molar-refractivity contribution in [1.29, 1.82) is 0 Å². The summed E-state index contributed by atoms with van der Waals surface area (Å²) in [6.45, 7) is 0.965. The van der Waals surface area contributed by atoms with Crippen LogP contribution in [0.2, 0.25) is 5.02 Å².